The molecule has 4 aliphatic rings. The first-order valence-corrected chi connectivity index (χ1v) is 11.4. The summed E-state index contributed by atoms with van der Waals surface area (Å²) in [5.74, 6) is 0.160. The zero-order chi connectivity index (χ0) is 19.1. The third kappa shape index (κ3) is 3.89. The number of carbonyl (C=O) groups is 1. The second-order valence-electron chi connectivity index (χ2n) is 8.27. The summed E-state index contributed by atoms with van der Waals surface area (Å²) in [6, 6.07) is 10.6. The molecule has 4 heterocycles. The number of benzene rings is 1. The molecule has 1 aromatic rings. The van der Waals surface area contributed by atoms with Gasteiger partial charge in [-0.3, -0.25) is 4.79 Å². The third-order valence-corrected chi connectivity index (χ3v) is 7.15. The maximum absolute atomic E-state index is 12.6. The monoisotopic (exact) mass is 392 g/mol. The molecular weight excluding hydrogens is 364 g/mol. The quantitative estimate of drug-likeness (QED) is 0.695. The van der Waals surface area contributed by atoms with Crippen LogP contribution in [0.4, 0.5) is 0 Å². The van der Waals surface area contributed by atoms with Crippen molar-refractivity contribution in [2.45, 2.75) is 24.3 Å². The average Bonchev–Trinajstić information content (AvgIpc) is 2.86. The van der Waals surface area contributed by atoms with Crippen LogP contribution >= 0.6 is 0 Å². The van der Waals surface area contributed by atoms with Gasteiger partial charge in [0.25, 0.3) is 0 Å². The number of hydrogen-bond donors (Lipinski definition) is 2. The number of piperidine rings is 2. The summed E-state index contributed by atoms with van der Waals surface area (Å²) in [5.41, 5.74) is 1.16. The molecule has 148 valence electrons. The van der Waals surface area contributed by atoms with Crippen molar-refractivity contribution in [2.24, 2.45) is 11.1 Å². The van der Waals surface area contributed by atoms with Gasteiger partial charge < -0.3 is 15.1 Å². The van der Waals surface area contributed by atoms with Crippen molar-refractivity contribution >= 4 is 15.9 Å². The molecule has 4 aliphatic heterocycles. The number of fused-ring (bicyclic) bond motifs is 1. The minimum absolute atomic E-state index is 0.0740. The van der Waals surface area contributed by atoms with Crippen LogP contribution in [0.5, 0.6) is 0 Å². The number of rotatable bonds is 6. The number of hydrogen-bond acceptors (Lipinski definition) is 5. The maximum Gasteiger partial charge on any atom is 0.220 e. The summed E-state index contributed by atoms with van der Waals surface area (Å²) in [6.45, 7) is 6.08. The molecular formula is C19H28N4O3S. The van der Waals surface area contributed by atoms with Gasteiger partial charge in [-0.15, -0.1) is 0 Å². The van der Waals surface area contributed by atoms with Crippen LogP contribution in [-0.2, 0) is 20.2 Å². The van der Waals surface area contributed by atoms with Crippen molar-refractivity contribution in [3.05, 3.63) is 35.9 Å². The van der Waals surface area contributed by atoms with Crippen LogP contribution in [0.2, 0.25) is 0 Å². The predicted molar refractivity (Wildman–Crippen MR) is 104 cm³/mol. The van der Waals surface area contributed by atoms with E-state index in [9.17, 15) is 13.2 Å². The second-order valence-corrected chi connectivity index (χ2v) is 10.0. The fourth-order valence-corrected chi connectivity index (χ4v) is 5.79. The molecule has 5 rings (SSSR count). The Morgan fingerprint density at radius 3 is 2.37 bits per heavy atom. The molecule has 0 spiro atoms. The van der Waals surface area contributed by atoms with E-state index >= 15 is 0 Å². The van der Waals surface area contributed by atoms with E-state index in [2.05, 4.69) is 39.4 Å². The molecule has 27 heavy (non-hydrogen) atoms. The Kier molecular flexibility index (Phi) is 5.00. The van der Waals surface area contributed by atoms with Crippen LogP contribution < -0.4 is 10.5 Å². The normalized spacial score (nSPS) is 35.0. The van der Waals surface area contributed by atoms with Crippen LogP contribution in [0.15, 0.2) is 30.3 Å². The molecule has 4 fully saturated rings. The number of primary sulfonamides is 1. The first-order chi connectivity index (χ1) is 12.9. The highest BCUT2D eigenvalue weighted by molar-refractivity contribution is 7.89. The summed E-state index contributed by atoms with van der Waals surface area (Å²) in [4.78, 5) is 17.7. The Morgan fingerprint density at radius 2 is 1.78 bits per heavy atom. The number of nitrogens with one attached hydrogen (secondary N) is 1. The van der Waals surface area contributed by atoms with Gasteiger partial charge in [-0.05, 0) is 12.0 Å². The van der Waals surface area contributed by atoms with Crippen LogP contribution in [0.1, 0.15) is 18.4 Å². The lowest BCUT2D eigenvalue weighted by molar-refractivity contribution is -0.124. The van der Waals surface area contributed by atoms with Gasteiger partial charge >= 0.3 is 0 Å². The van der Waals surface area contributed by atoms with E-state index in [1.165, 1.54) is 5.56 Å². The minimum atomic E-state index is -3.52. The molecule has 0 radical (unpaired) electrons. The highest BCUT2D eigenvalue weighted by Crippen LogP contribution is 2.43. The Morgan fingerprint density at radius 1 is 1.15 bits per heavy atom. The lowest BCUT2D eigenvalue weighted by Crippen LogP contribution is -2.70. The van der Waals surface area contributed by atoms with E-state index in [0.717, 1.165) is 39.3 Å². The molecule has 7 nitrogen and oxygen atoms in total. The second kappa shape index (κ2) is 7.16. The molecule has 1 aromatic carbocycles. The van der Waals surface area contributed by atoms with Gasteiger partial charge in [0.05, 0.1) is 5.75 Å². The number of nitrogens with two attached hydrogens (primary N) is 1. The van der Waals surface area contributed by atoms with Crippen molar-refractivity contribution < 1.29 is 13.2 Å². The number of carbonyl (C=O) groups excluding carboxylic acids is 1. The van der Waals surface area contributed by atoms with Gasteiger partial charge in [-0.1, -0.05) is 30.3 Å². The smallest absolute Gasteiger partial charge is 0.220 e. The van der Waals surface area contributed by atoms with Crippen molar-refractivity contribution in [1.29, 1.82) is 0 Å². The largest absolute Gasteiger partial charge is 0.352 e. The zero-order valence-corrected chi connectivity index (χ0v) is 16.3. The van der Waals surface area contributed by atoms with E-state index in [-0.39, 0.29) is 36.0 Å². The molecule has 8 heteroatoms. The first-order valence-electron chi connectivity index (χ1n) is 9.66. The van der Waals surface area contributed by atoms with Gasteiger partial charge in [0.2, 0.25) is 15.9 Å². The van der Waals surface area contributed by atoms with Crippen molar-refractivity contribution in [1.82, 2.24) is 15.1 Å². The summed E-state index contributed by atoms with van der Waals surface area (Å²) in [7, 11) is -3.52. The van der Waals surface area contributed by atoms with E-state index in [1.807, 2.05) is 6.07 Å². The lowest BCUT2D eigenvalue weighted by Gasteiger charge is -2.55. The van der Waals surface area contributed by atoms with Gasteiger partial charge in [0.1, 0.15) is 0 Å². The van der Waals surface area contributed by atoms with Gasteiger partial charge in [0.15, 0.2) is 0 Å². The SMILES string of the molecule is NS(=O)(=O)CCCC(=O)NC1C2CN3CCN(C2)CC1(c1ccccc1)C3. The van der Waals surface area contributed by atoms with Gasteiger partial charge in [0, 0.05) is 63.1 Å². The fraction of sp³-hybridized carbons (Fsp3) is 0.632. The van der Waals surface area contributed by atoms with Crippen molar-refractivity contribution in [3.8, 4) is 0 Å². The highest BCUT2D eigenvalue weighted by atomic mass is 32.2. The zero-order valence-electron chi connectivity index (χ0n) is 15.5. The first kappa shape index (κ1) is 18.9. The topological polar surface area (TPSA) is 95.7 Å². The Balaban J connectivity index is 1.56. The van der Waals surface area contributed by atoms with Gasteiger partial charge in [-0.2, -0.15) is 0 Å². The molecule has 3 N–H and O–H groups in total. The van der Waals surface area contributed by atoms with Crippen LogP contribution in [0.25, 0.3) is 0 Å². The summed E-state index contributed by atoms with van der Waals surface area (Å²) >= 11 is 0. The molecule has 1 amide bonds. The van der Waals surface area contributed by atoms with E-state index in [4.69, 9.17) is 5.14 Å². The lowest BCUT2D eigenvalue weighted by atomic mass is 9.64. The Bertz CT molecular complexity index is 782. The Hall–Kier alpha value is -1.48. The van der Waals surface area contributed by atoms with Crippen molar-refractivity contribution in [2.75, 3.05) is 45.0 Å². The minimum Gasteiger partial charge on any atom is -0.352 e. The van der Waals surface area contributed by atoms with Crippen molar-refractivity contribution in [3.63, 3.8) is 0 Å². The molecule has 3 unspecified atom stereocenters. The average molecular weight is 393 g/mol. The summed E-state index contributed by atoms with van der Waals surface area (Å²) in [6.07, 6.45) is 0.455. The fourth-order valence-electron chi connectivity index (χ4n) is 5.25. The Labute approximate surface area is 160 Å². The standard InChI is InChI=1S/C19H28N4O3S/c20-27(25,26)10-4-7-17(24)21-18-15-11-22-8-9-23(12-15)14-19(18,13-22)16-5-2-1-3-6-16/h1-3,5-6,15,18H,4,7-14H2,(H,21,24)(H2,20,25,26). The molecule has 0 saturated carbocycles. The third-order valence-electron chi connectivity index (χ3n) is 6.29. The van der Waals surface area contributed by atoms with E-state index in [1.54, 1.807) is 0 Å². The van der Waals surface area contributed by atoms with E-state index < -0.39 is 10.0 Å². The molecule has 0 aliphatic carbocycles. The number of nitrogens with zero attached hydrogens (tertiary/aromatic N) is 2. The molecule has 3 atom stereocenters. The van der Waals surface area contributed by atoms with Crippen LogP contribution in [0, 0.1) is 5.92 Å². The van der Waals surface area contributed by atoms with Gasteiger partial charge in [-0.25, -0.2) is 13.6 Å². The molecule has 4 bridgehead atoms. The number of amides is 1. The molecule has 0 aromatic heterocycles. The molecule has 4 saturated heterocycles. The maximum atomic E-state index is 12.6. The number of sulfonamides is 1. The summed E-state index contributed by atoms with van der Waals surface area (Å²) in [5, 5.41) is 8.33. The summed E-state index contributed by atoms with van der Waals surface area (Å²) < 4.78 is 22.2. The van der Waals surface area contributed by atoms with E-state index in [0.29, 0.717) is 5.92 Å². The van der Waals surface area contributed by atoms with Crippen LogP contribution in [-0.4, -0.2) is 75.2 Å². The van der Waals surface area contributed by atoms with Crippen LogP contribution in [0.3, 0.4) is 0 Å². The predicted octanol–water partition coefficient (Wildman–Crippen LogP) is -0.261. The highest BCUT2D eigenvalue weighted by Gasteiger charge is 2.55.